The SMILES string of the molecule is Cc1ccc(Cl)cc1N1CCN([C@H](C)c2nnc(-c3cccs3)o2)CC1. The van der Waals surface area contributed by atoms with Crippen molar-refractivity contribution >= 4 is 28.6 Å². The number of halogens is 1. The molecule has 26 heavy (non-hydrogen) atoms. The topological polar surface area (TPSA) is 45.4 Å². The highest BCUT2D eigenvalue weighted by molar-refractivity contribution is 7.13. The molecule has 1 saturated heterocycles. The monoisotopic (exact) mass is 388 g/mol. The molecule has 1 aliphatic heterocycles. The van der Waals surface area contributed by atoms with Crippen molar-refractivity contribution in [2.75, 3.05) is 31.1 Å². The summed E-state index contributed by atoms with van der Waals surface area (Å²) in [6.45, 7) is 8.07. The van der Waals surface area contributed by atoms with Gasteiger partial charge in [0.1, 0.15) is 0 Å². The first-order valence-corrected chi connectivity index (χ1v) is 10.00. The average Bonchev–Trinajstić information content (AvgIpc) is 3.35. The van der Waals surface area contributed by atoms with Crippen molar-refractivity contribution in [2.24, 2.45) is 0 Å². The molecule has 2 aromatic heterocycles. The van der Waals surface area contributed by atoms with Crippen molar-refractivity contribution in [3.8, 4) is 10.8 Å². The third kappa shape index (κ3) is 3.49. The molecule has 0 amide bonds. The summed E-state index contributed by atoms with van der Waals surface area (Å²) in [6.07, 6.45) is 0. The summed E-state index contributed by atoms with van der Waals surface area (Å²) in [5.74, 6) is 1.29. The molecular weight excluding hydrogens is 368 g/mol. The molecule has 0 unspecified atom stereocenters. The third-order valence-corrected chi connectivity index (χ3v) is 6.00. The molecule has 4 rings (SSSR count). The smallest absolute Gasteiger partial charge is 0.257 e. The van der Waals surface area contributed by atoms with Crippen LogP contribution in [0.15, 0.2) is 40.1 Å². The molecule has 0 bridgehead atoms. The first kappa shape index (κ1) is 17.5. The van der Waals surface area contributed by atoms with E-state index < -0.39 is 0 Å². The molecule has 0 N–H and O–H groups in total. The van der Waals surface area contributed by atoms with E-state index in [1.807, 2.05) is 23.6 Å². The van der Waals surface area contributed by atoms with Crippen LogP contribution in [0.2, 0.25) is 5.02 Å². The summed E-state index contributed by atoms with van der Waals surface area (Å²) < 4.78 is 5.90. The van der Waals surface area contributed by atoms with Gasteiger partial charge >= 0.3 is 0 Å². The van der Waals surface area contributed by atoms with Crippen molar-refractivity contribution in [1.82, 2.24) is 15.1 Å². The molecule has 1 aliphatic rings. The summed E-state index contributed by atoms with van der Waals surface area (Å²) in [7, 11) is 0. The zero-order valence-corrected chi connectivity index (χ0v) is 16.4. The zero-order valence-electron chi connectivity index (χ0n) is 14.9. The molecule has 0 aliphatic carbocycles. The van der Waals surface area contributed by atoms with Crippen LogP contribution in [0.25, 0.3) is 10.8 Å². The summed E-state index contributed by atoms with van der Waals surface area (Å²) in [4.78, 5) is 5.80. The number of hydrogen-bond donors (Lipinski definition) is 0. The highest BCUT2D eigenvalue weighted by Crippen LogP contribution is 2.29. The number of nitrogens with zero attached hydrogens (tertiary/aromatic N) is 4. The summed E-state index contributed by atoms with van der Waals surface area (Å²) in [5.41, 5.74) is 2.48. The second-order valence-electron chi connectivity index (χ2n) is 6.55. The van der Waals surface area contributed by atoms with E-state index in [9.17, 15) is 0 Å². The number of hydrogen-bond acceptors (Lipinski definition) is 6. The maximum absolute atomic E-state index is 6.18. The maximum atomic E-state index is 6.18. The van der Waals surface area contributed by atoms with Crippen LogP contribution in [0.3, 0.4) is 0 Å². The Balaban J connectivity index is 1.42. The van der Waals surface area contributed by atoms with Gasteiger partial charge in [-0.1, -0.05) is 23.7 Å². The molecule has 1 aromatic carbocycles. The van der Waals surface area contributed by atoms with Crippen molar-refractivity contribution in [3.05, 3.63) is 52.2 Å². The number of rotatable bonds is 4. The van der Waals surface area contributed by atoms with Crippen LogP contribution in [0, 0.1) is 6.92 Å². The Labute approximate surface area is 162 Å². The molecule has 136 valence electrons. The van der Waals surface area contributed by atoms with E-state index in [0.29, 0.717) is 11.8 Å². The lowest BCUT2D eigenvalue weighted by Crippen LogP contribution is -2.47. The fourth-order valence-electron chi connectivity index (χ4n) is 3.33. The molecule has 1 fully saturated rings. The van der Waals surface area contributed by atoms with Crippen molar-refractivity contribution in [3.63, 3.8) is 0 Å². The molecule has 0 saturated carbocycles. The second-order valence-corrected chi connectivity index (χ2v) is 7.94. The molecular formula is C19H21ClN4OS. The van der Waals surface area contributed by atoms with Crippen LogP contribution in [0.4, 0.5) is 5.69 Å². The van der Waals surface area contributed by atoms with E-state index in [4.69, 9.17) is 16.0 Å². The lowest BCUT2D eigenvalue weighted by atomic mass is 10.1. The van der Waals surface area contributed by atoms with Crippen LogP contribution in [0.5, 0.6) is 0 Å². The quantitative estimate of drug-likeness (QED) is 0.651. The lowest BCUT2D eigenvalue weighted by Gasteiger charge is -2.38. The minimum atomic E-state index is 0.110. The van der Waals surface area contributed by atoms with Crippen LogP contribution in [0.1, 0.15) is 24.4 Å². The van der Waals surface area contributed by atoms with Gasteiger partial charge in [0.15, 0.2) is 0 Å². The van der Waals surface area contributed by atoms with Gasteiger partial charge in [0.2, 0.25) is 5.89 Å². The normalized spacial score (nSPS) is 16.8. The number of thiophene rings is 1. The van der Waals surface area contributed by atoms with Gasteiger partial charge in [0, 0.05) is 36.9 Å². The fraction of sp³-hybridized carbons (Fsp3) is 0.368. The highest BCUT2D eigenvalue weighted by atomic mass is 35.5. The van der Waals surface area contributed by atoms with E-state index in [-0.39, 0.29) is 6.04 Å². The zero-order chi connectivity index (χ0) is 18.1. The Morgan fingerprint density at radius 1 is 1.15 bits per heavy atom. The summed E-state index contributed by atoms with van der Waals surface area (Å²) in [6, 6.07) is 10.2. The first-order chi connectivity index (χ1) is 12.6. The van der Waals surface area contributed by atoms with Gasteiger partial charge in [-0.15, -0.1) is 21.5 Å². The van der Waals surface area contributed by atoms with E-state index in [1.165, 1.54) is 11.3 Å². The Kier molecular flexibility index (Phi) is 4.98. The van der Waals surface area contributed by atoms with Gasteiger partial charge in [0.25, 0.3) is 5.89 Å². The lowest BCUT2D eigenvalue weighted by molar-refractivity contribution is 0.173. The number of benzene rings is 1. The number of aromatic nitrogens is 2. The minimum Gasteiger partial charge on any atom is -0.418 e. The molecule has 5 nitrogen and oxygen atoms in total. The summed E-state index contributed by atoms with van der Waals surface area (Å²) in [5, 5.41) is 11.3. The van der Waals surface area contributed by atoms with Crippen LogP contribution in [-0.4, -0.2) is 41.3 Å². The van der Waals surface area contributed by atoms with E-state index in [0.717, 1.165) is 36.1 Å². The Hall–Kier alpha value is -1.89. The number of aryl methyl sites for hydroxylation is 1. The van der Waals surface area contributed by atoms with Crippen molar-refractivity contribution in [1.29, 1.82) is 0 Å². The Morgan fingerprint density at radius 2 is 1.96 bits per heavy atom. The number of piperazine rings is 1. The summed E-state index contributed by atoms with van der Waals surface area (Å²) >= 11 is 7.79. The van der Waals surface area contributed by atoms with Gasteiger partial charge in [-0.25, -0.2) is 0 Å². The van der Waals surface area contributed by atoms with Gasteiger partial charge in [-0.05, 0) is 43.0 Å². The van der Waals surface area contributed by atoms with E-state index >= 15 is 0 Å². The van der Waals surface area contributed by atoms with Gasteiger partial charge in [0.05, 0.1) is 10.9 Å². The second kappa shape index (κ2) is 7.39. The van der Waals surface area contributed by atoms with Crippen molar-refractivity contribution in [2.45, 2.75) is 19.9 Å². The standard InChI is InChI=1S/C19H21ClN4OS/c1-13-5-6-15(20)12-16(13)24-9-7-23(8-10-24)14(2)18-21-22-19(25-18)17-4-3-11-26-17/h3-6,11-12,14H,7-10H2,1-2H3/t14-/m1/s1. The van der Waals surface area contributed by atoms with Gasteiger partial charge < -0.3 is 9.32 Å². The molecule has 3 heterocycles. The van der Waals surface area contributed by atoms with Gasteiger partial charge in [-0.2, -0.15) is 0 Å². The molecule has 0 spiro atoms. The Bertz CT molecular complexity index is 872. The molecule has 7 heteroatoms. The first-order valence-electron chi connectivity index (χ1n) is 8.74. The fourth-order valence-corrected chi connectivity index (χ4v) is 4.14. The highest BCUT2D eigenvalue weighted by Gasteiger charge is 2.26. The van der Waals surface area contributed by atoms with E-state index in [1.54, 1.807) is 11.3 Å². The van der Waals surface area contributed by atoms with Crippen molar-refractivity contribution < 1.29 is 4.42 Å². The molecule has 0 radical (unpaired) electrons. The minimum absolute atomic E-state index is 0.110. The Morgan fingerprint density at radius 3 is 2.69 bits per heavy atom. The van der Waals surface area contributed by atoms with Gasteiger partial charge in [-0.3, -0.25) is 4.90 Å². The molecule has 3 aromatic rings. The van der Waals surface area contributed by atoms with E-state index in [2.05, 4.69) is 46.0 Å². The molecule has 1 atom stereocenters. The predicted molar refractivity (Wildman–Crippen MR) is 106 cm³/mol. The average molecular weight is 389 g/mol. The van der Waals surface area contributed by atoms with Crippen LogP contribution < -0.4 is 4.90 Å². The third-order valence-electron chi connectivity index (χ3n) is 4.90. The maximum Gasteiger partial charge on any atom is 0.257 e. The van der Waals surface area contributed by atoms with Crippen LogP contribution in [-0.2, 0) is 0 Å². The number of anilines is 1. The van der Waals surface area contributed by atoms with Crippen LogP contribution >= 0.6 is 22.9 Å². The largest absolute Gasteiger partial charge is 0.418 e. The predicted octanol–water partition coefficient (Wildman–Crippen LogP) is 4.64.